The number of carbonyl (C=O) groups excluding carboxylic acids is 1. The largest absolute Gasteiger partial charge is 0.419 e. The summed E-state index contributed by atoms with van der Waals surface area (Å²) in [6.45, 7) is 0.722. The van der Waals surface area contributed by atoms with Crippen molar-refractivity contribution in [3.63, 3.8) is 0 Å². The first-order valence-electron chi connectivity index (χ1n) is 5.29. The van der Waals surface area contributed by atoms with Gasteiger partial charge in [0.1, 0.15) is 5.82 Å². The van der Waals surface area contributed by atoms with Gasteiger partial charge in [-0.2, -0.15) is 13.2 Å². The van der Waals surface area contributed by atoms with Crippen LogP contribution in [0.1, 0.15) is 12.0 Å². The van der Waals surface area contributed by atoms with Crippen LogP contribution in [0.25, 0.3) is 0 Å². The van der Waals surface area contributed by atoms with Crippen LogP contribution in [-0.2, 0) is 11.0 Å². The summed E-state index contributed by atoms with van der Waals surface area (Å²) >= 11 is 0. The van der Waals surface area contributed by atoms with E-state index in [1.807, 2.05) is 0 Å². The van der Waals surface area contributed by atoms with Crippen molar-refractivity contribution < 1.29 is 22.4 Å². The fourth-order valence-electron chi connectivity index (χ4n) is 1.56. The maximum absolute atomic E-state index is 13.2. The normalized spacial score (nSPS) is 19.2. The minimum atomic E-state index is -4.73. The molecule has 1 saturated heterocycles. The van der Waals surface area contributed by atoms with Crippen molar-refractivity contribution >= 4 is 11.6 Å². The van der Waals surface area contributed by atoms with Crippen molar-refractivity contribution in [2.75, 3.05) is 11.9 Å². The molecule has 1 unspecified atom stereocenters. The second-order valence-corrected chi connectivity index (χ2v) is 3.98. The number of carbonyl (C=O) groups is 1. The molecule has 0 saturated carbocycles. The third-order valence-electron chi connectivity index (χ3n) is 2.68. The Labute approximate surface area is 100 Å². The second kappa shape index (κ2) is 4.56. The number of anilines is 1. The molecule has 1 amide bonds. The summed E-state index contributed by atoms with van der Waals surface area (Å²) in [6, 6.07) is 1.96. The Morgan fingerprint density at radius 3 is 2.50 bits per heavy atom. The maximum Gasteiger partial charge on any atom is 0.419 e. The van der Waals surface area contributed by atoms with Gasteiger partial charge in [0.05, 0.1) is 11.6 Å². The molecule has 0 aromatic heterocycles. The predicted octanol–water partition coefficient (Wildman–Crippen LogP) is 2.14. The standard InChI is InChI=1S/C11H10F4N2O/c12-8-5-6(1-2-7(8)11(13,14)15)17-10(18)9-3-4-16-9/h1-2,5,9,16H,3-4H2,(H,17,18). The van der Waals surface area contributed by atoms with E-state index in [9.17, 15) is 22.4 Å². The molecule has 3 nitrogen and oxygen atoms in total. The highest BCUT2D eigenvalue weighted by Crippen LogP contribution is 2.32. The molecule has 1 aliphatic rings. The minimum Gasteiger partial charge on any atom is -0.325 e. The summed E-state index contributed by atoms with van der Waals surface area (Å²) in [5, 5.41) is 5.18. The van der Waals surface area contributed by atoms with Crippen LogP contribution in [0.15, 0.2) is 18.2 Å². The lowest BCUT2D eigenvalue weighted by Gasteiger charge is -2.26. The van der Waals surface area contributed by atoms with Gasteiger partial charge in [-0.3, -0.25) is 4.79 Å². The summed E-state index contributed by atoms with van der Waals surface area (Å²) in [6.07, 6.45) is -4.07. The van der Waals surface area contributed by atoms with Gasteiger partial charge in [-0.05, 0) is 31.2 Å². The van der Waals surface area contributed by atoms with Crippen LogP contribution in [0, 0.1) is 5.82 Å². The first kappa shape index (κ1) is 12.8. The minimum absolute atomic E-state index is 0.0131. The molecule has 0 bridgehead atoms. The third kappa shape index (κ3) is 2.61. The van der Waals surface area contributed by atoms with E-state index in [2.05, 4.69) is 10.6 Å². The molecule has 18 heavy (non-hydrogen) atoms. The van der Waals surface area contributed by atoms with E-state index in [0.29, 0.717) is 18.6 Å². The molecule has 0 spiro atoms. The number of halogens is 4. The van der Waals surface area contributed by atoms with Crippen molar-refractivity contribution in [1.29, 1.82) is 0 Å². The quantitative estimate of drug-likeness (QED) is 0.802. The van der Waals surface area contributed by atoms with E-state index in [1.165, 1.54) is 0 Å². The lowest BCUT2D eigenvalue weighted by Crippen LogP contribution is -2.50. The van der Waals surface area contributed by atoms with Crippen molar-refractivity contribution in [3.8, 4) is 0 Å². The summed E-state index contributed by atoms with van der Waals surface area (Å²) < 4.78 is 50.1. The zero-order valence-corrected chi connectivity index (χ0v) is 9.14. The molecule has 1 aromatic carbocycles. The Morgan fingerprint density at radius 2 is 2.06 bits per heavy atom. The predicted molar refractivity (Wildman–Crippen MR) is 56.4 cm³/mol. The molecule has 7 heteroatoms. The van der Waals surface area contributed by atoms with Crippen molar-refractivity contribution in [2.24, 2.45) is 0 Å². The number of nitrogens with one attached hydrogen (secondary N) is 2. The van der Waals surface area contributed by atoms with Gasteiger partial charge in [0.15, 0.2) is 0 Å². The average molecular weight is 262 g/mol. The average Bonchev–Trinajstić information content (AvgIpc) is 2.11. The van der Waals surface area contributed by atoms with E-state index in [1.54, 1.807) is 0 Å². The highest BCUT2D eigenvalue weighted by atomic mass is 19.4. The summed E-state index contributed by atoms with van der Waals surface area (Å²) in [5.41, 5.74) is -1.33. The van der Waals surface area contributed by atoms with Gasteiger partial charge >= 0.3 is 6.18 Å². The van der Waals surface area contributed by atoms with E-state index in [4.69, 9.17) is 0 Å². The van der Waals surface area contributed by atoms with Crippen LogP contribution < -0.4 is 10.6 Å². The van der Waals surface area contributed by atoms with E-state index in [-0.39, 0.29) is 17.6 Å². The Kier molecular flexibility index (Phi) is 3.25. The fraction of sp³-hybridized carbons (Fsp3) is 0.364. The Balaban J connectivity index is 2.11. The van der Waals surface area contributed by atoms with Crippen LogP contribution in [-0.4, -0.2) is 18.5 Å². The summed E-state index contributed by atoms with van der Waals surface area (Å²) in [4.78, 5) is 11.5. The Hall–Kier alpha value is -1.63. The molecule has 1 aromatic rings. The lowest BCUT2D eigenvalue weighted by molar-refractivity contribution is -0.139. The second-order valence-electron chi connectivity index (χ2n) is 3.98. The first-order chi connectivity index (χ1) is 8.38. The van der Waals surface area contributed by atoms with Crippen LogP contribution in [0.3, 0.4) is 0 Å². The molecule has 2 N–H and O–H groups in total. The Bertz CT molecular complexity index is 469. The summed E-state index contributed by atoms with van der Waals surface area (Å²) in [7, 11) is 0. The zero-order valence-electron chi connectivity index (χ0n) is 9.14. The summed E-state index contributed by atoms with van der Waals surface area (Å²) in [5.74, 6) is -1.78. The van der Waals surface area contributed by atoms with Crippen molar-refractivity contribution in [1.82, 2.24) is 5.32 Å². The molecular weight excluding hydrogens is 252 g/mol. The van der Waals surface area contributed by atoms with Gasteiger partial charge in [-0.25, -0.2) is 4.39 Å². The molecule has 1 atom stereocenters. The van der Waals surface area contributed by atoms with Gasteiger partial charge in [-0.15, -0.1) is 0 Å². The maximum atomic E-state index is 13.2. The fourth-order valence-corrected chi connectivity index (χ4v) is 1.56. The van der Waals surface area contributed by atoms with Gasteiger partial charge in [0.2, 0.25) is 5.91 Å². The number of amides is 1. The van der Waals surface area contributed by atoms with E-state index in [0.717, 1.165) is 12.6 Å². The van der Waals surface area contributed by atoms with Gasteiger partial charge in [-0.1, -0.05) is 0 Å². The highest BCUT2D eigenvalue weighted by molar-refractivity contribution is 5.95. The molecule has 2 rings (SSSR count). The van der Waals surface area contributed by atoms with Gasteiger partial charge < -0.3 is 10.6 Å². The number of hydrogen-bond donors (Lipinski definition) is 2. The molecule has 1 fully saturated rings. The Morgan fingerprint density at radius 1 is 1.39 bits per heavy atom. The first-order valence-corrected chi connectivity index (χ1v) is 5.29. The molecule has 98 valence electrons. The SMILES string of the molecule is O=C(Nc1ccc(C(F)(F)F)c(F)c1)C1CCN1. The van der Waals surface area contributed by atoms with E-state index < -0.39 is 17.6 Å². The molecule has 0 aliphatic carbocycles. The number of hydrogen-bond acceptors (Lipinski definition) is 2. The highest BCUT2D eigenvalue weighted by Gasteiger charge is 2.34. The monoisotopic (exact) mass is 262 g/mol. The topological polar surface area (TPSA) is 41.1 Å². The molecular formula is C11H10F4N2O. The molecule has 1 heterocycles. The van der Waals surface area contributed by atoms with Crippen molar-refractivity contribution in [2.45, 2.75) is 18.6 Å². The number of rotatable bonds is 2. The van der Waals surface area contributed by atoms with Crippen molar-refractivity contribution in [3.05, 3.63) is 29.6 Å². The van der Waals surface area contributed by atoms with Crippen LogP contribution in [0.5, 0.6) is 0 Å². The number of benzene rings is 1. The third-order valence-corrected chi connectivity index (χ3v) is 2.68. The van der Waals surface area contributed by atoms with Crippen LogP contribution in [0.4, 0.5) is 23.2 Å². The lowest BCUT2D eigenvalue weighted by atomic mass is 10.1. The van der Waals surface area contributed by atoms with Crippen LogP contribution in [0.2, 0.25) is 0 Å². The molecule has 1 aliphatic heterocycles. The number of alkyl halides is 3. The van der Waals surface area contributed by atoms with E-state index >= 15 is 0 Å². The smallest absolute Gasteiger partial charge is 0.325 e. The van der Waals surface area contributed by atoms with Crippen LogP contribution >= 0.6 is 0 Å². The molecule has 0 radical (unpaired) electrons. The van der Waals surface area contributed by atoms with Gasteiger partial charge in [0, 0.05) is 5.69 Å². The van der Waals surface area contributed by atoms with Gasteiger partial charge in [0.25, 0.3) is 0 Å². The zero-order chi connectivity index (χ0) is 13.3.